The molecule has 11 heteroatoms. The highest BCUT2D eigenvalue weighted by Gasteiger charge is 2.46. The van der Waals surface area contributed by atoms with E-state index in [0.29, 0.717) is 16.8 Å². The quantitative estimate of drug-likeness (QED) is 0.566. The van der Waals surface area contributed by atoms with Crippen LogP contribution >= 0.6 is 11.6 Å². The van der Waals surface area contributed by atoms with Crippen molar-refractivity contribution in [2.45, 2.75) is 18.4 Å². The van der Waals surface area contributed by atoms with Crippen LogP contribution in [0.5, 0.6) is 0 Å². The lowest BCUT2D eigenvalue weighted by atomic mass is 10.0. The lowest BCUT2D eigenvalue weighted by Crippen LogP contribution is -2.51. The van der Waals surface area contributed by atoms with Gasteiger partial charge in [0.1, 0.15) is 17.0 Å². The molecule has 2 amide bonds. The molecule has 0 aromatic carbocycles. The number of nitrogens with zero attached hydrogens (tertiary/aromatic N) is 3. The zero-order valence-electron chi connectivity index (χ0n) is 16.3. The Morgan fingerprint density at radius 1 is 1.32 bits per heavy atom. The largest absolute Gasteiger partial charge is 0.416 e. The number of pyridine rings is 2. The summed E-state index contributed by atoms with van der Waals surface area (Å²) in [6.45, 7) is 2.59. The highest BCUT2D eigenvalue weighted by atomic mass is 35.5. The Balaban J connectivity index is 1.99. The van der Waals surface area contributed by atoms with E-state index in [2.05, 4.69) is 21.9 Å². The standard InChI is InChI=1S/C20H18ClF3N4O3/c1-3-18(29)28-9-15(31-16(10-28)20(22,23)24)12-7-13(27-17(21)8-12)11-4-5-26-14(6-11)19(30)25-2/h3-8,15-16H,1,9-10H2,2H3,(H,25,30)/t15?,16-/m1/s1. The summed E-state index contributed by atoms with van der Waals surface area (Å²) in [4.78, 5) is 33.0. The van der Waals surface area contributed by atoms with E-state index in [0.717, 1.165) is 11.0 Å². The van der Waals surface area contributed by atoms with Gasteiger partial charge in [0.05, 0.1) is 18.8 Å². The molecule has 31 heavy (non-hydrogen) atoms. The van der Waals surface area contributed by atoms with Crippen molar-refractivity contribution in [2.24, 2.45) is 0 Å². The second-order valence-electron chi connectivity index (χ2n) is 6.72. The fourth-order valence-electron chi connectivity index (χ4n) is 3.13. The van der Waals surface area contributed by atoms with Crippen LogP contribution in [0.4, 0.5) is 13.2 Å². The second-order valence-corrected chi connectivity index (χ2v) is 7.11. The van der Waals surface area contributed by atoms with Gasteiger partial charge in [0.2, 0.25) is 5.91 Å². The van der Waals surface area contributed by atoms with Gasteiger partial charge in [0.25, 0.3) is 5.91 Å². The molecular formula is C20H18ClF3N4O3. The van der Waals surface area contributed by atoms with Gasteiger partial charge in [-0.05, 0) is 35.9 Å². The van der Waals surface area contributed by atoms with Crippen molar-refractivity contribution in [1.29, 1.82) is 0 Å². The summed E-state index contributed by atoms with van der Waals surface area (Å²) in [6, 6.07) is 5.96. The first kappa shape index (κ1) is 22.7. The number of morpholine rings is 1. The molecule has 2 aromatic heterocycles. The number of rotatable bonds is 4. The molecule has 0 saturated carbocycles. The molecule has 1 N–H and O–H groups in total. The van der Waals surface area contributed by atoms with Crippen molar-refractivity contribution in [3.63, 3.8) is 0 Å². The number of ether oxygens (including phenoxy) is 1. The maximum atomic E-state index is 13.4. The molecular weight excluding hydrogens is 437 g/mol. The summed E-state index contributed by atoms with van der Waals surface area (Å²) in [5, 5.41) is 2.47. The number of amides is 2. The number of carbonyl (C=O) groups is 2. The van der Waals surface area contributed by atoms with E-state index >= 15 is 0 Å². The predicted molar refractivity (Wildman–Crippen MR) is 106 cm³/mol. The number of halogens is 4. The summed E-state index contributed by atoms with van der Waals surface area (Å²) < 4.78 is 45.4. The van der Waals surface area contributed by atoms with Gasteiger partial charge in [-0.3, -0.25) is 14.6 Å². The third kappa shape index (κ3) is 5.20. The Morgan fingerprint density at radius 3 is 2.71 bits per heavy atom. The molecule has 3 heterocycles. The van der Waals surface area contributed by atoms with Crippen molar-refractivity contribution < 1.29 is 27.5 Å². The van der Waals surface area contributed by atoms with Crippen molar-refractivity contribution in [3.8, 4) is 11.3 Å². The van der Waals surface area contributed by atoms with Crippen LogP contribution in [-0.2, 0) is 9.53 Å². The highest BCUT2D eigenvalue weighted by Crippen LogP contribution is 2.35. The van der Waals surface area contributed by atoms with E-state index in [4.69, 9.17) is 16.3 Å². The minimum atomic E-state index is -4.66. The highest BCUT2D eigenvalue weighted by molar-refractivity contribution is 6.29. The summed E-state index contributed by atoms with van der Waals surface area (Å²) in [7, 11) is 1.46. The number of carbonyl (C=O) groups excluding carboxylic acids is 2. The van der Waals surface area contributed by atoms with Crippen LogP contribution < -0.4 is 5.32 Å². The van der Waals surface area contributed by atoms with Crippen LogP contribution in [0.3, 0.4) is 0 Å². The molecule has 1 aliphatic heterocycles. The van der Waals surface area contributed by atoms with E-state index in [9.17, 15) is 22.8 Å². The van der Waals surface area contributed by atoms with Gasteiger partial charge >= 0.3 is 6.18 Å². The first-order valence-corrected chi connectivity index (χ1v) is 9.49. The summed E-state index contributed by atoms with van der Waals surface area (Å²) in [6.07, 6.45) is -5.55. The first-order valence-electron chi connectivity index (χ1n) is 9.12. The molecule has 2 aromatic rings. The SMILES string of the molecule is C=CC(=O)N1CC(c2cc(Cl)nc(-c3ccnc(C(=O)NC)c3)c2)O[C@@H](C(F)(F)F)C1. The summed E-state index contributed by atoms with van der Waals surface area (Å²) in [5.41, 5.74) is 1.25. The Hall–Kier alpha value is -2.98. The number of hydrogen-bond donors (Lipinski definition) is 1. The van der Waals surface area contributed by atoms with Gasteiger partial charge in [0.15, 0.2) is 6.10 Å². The molecule has 0 aliphatic carbocycles. The molecule has 0 radical (unpaired) electrons. The van der Waals surface area contributed by atoms with Crippen molar-refractivity contribution >= 4 is 23.4 Å². The third-order valence-electron chi connectivity index (χ3n) is 4.66. The molecule has 1 fully saturated rings. The van der Waals surface area contributed by atoms with E-state index in [1.165, 1.54) is 31.4 Å². The maximum absolute atomic E-state index is 13.4. The van der Waals surface area contributed by atoms with Crippen LogP contribution in [0.2, 0.25) is 5.15 Å². The van der Waals surface area contributed by atoms with Crippen LogP contribution in [0, 0.1) is 0 Å². The molecule has 0 bridgehead atoms. The fourth-order valence-corrected chi connectivity index (χ4v) is 3.34. The van der Waals surface area contributed by atoms with E-state index in [1.807, 2.05) is 0 Å². The molecule has 7 nitrogen and oxygen atoms in total. The van der Waals surface area contributed by atoms with Crippen LogP contribution in [0.1, 0.15) is 22.2 Å². The number of nitrogens with one attached hydrogen (secondary N) is 1. The monoisotopic (exact) mass is 454 g/mol. The van der Waals surface area contributed by atoms with Crippen molar-refractivity contribution in [3.05, 3.63) is 59.5 Å². The zero-order valence-corrected chi connectivity index (χ0v) is 17.1. The Labute approximate surface area is 180 Å². The van der Waals surface area contributed by atoms with Gasteiger partial charge < -0.3 is 15.0 Å². The Bertz CT molecular complexity index is 1020. The Morgan fingerprint density at radius 2 is 2.06 bits per heavy atom. The molecule has 0 spiro atoms. The number of alkyl halides is 3. The van der Waals surface area contributed by atoms with Gasteiger partial charge in [-0.15, -0.1) is 0 Å². The number of aromatic nitrogens is 2. The topological polar surface area (TPSA) is 84.4 Å². The molecule has 164 valence electrons. The smallest absolute Gasteiger partial charge is 0.357 e. The first-order chi connectivity index (χ1) is 14.6. The molecule has 3 rings (SSSR count). The number of hydrogen-bond acceptors (Lipinski definition) is 5. The average molecular weight is 455 g/mol. The molecule has 1 aliphatic rings. The van der Waals surface area contributed by atoms with Crippen LogP contribution in [0.25, 0.3) is 11.3 Å². The maximum Gasteiger partial charge on any atom is 0.416 e. The third-order valence-corrected chi connectivity index (χ3v) is 4.85. The van der Waals surface area contributed by atoms with Gasteiger partial charge in [-0.25, -0.2) is 4.98 Å². The predicted octanol–water partition coefficient (Wildman–Crippen LogP) is 3.17. The summed E-state index contributed by atoms with van der Waals surface area (Å²) in [5.74, 6) is -1.04. The normalized spacial score (nSPS) is 19.1. The minimum absolute atomic E-state index is 0.0186. The van der Waals surface area contributed by atoms with E-state index in [-0.39, 0.29) is 17.4 Å². The van der Waals surface area contributed by atoms with E-state index < -0.39 is 36.7 Å². The van der Waals surface area contributed by atoms with Gasteiger partial charge in [0, 0.05) is 18.8 Å². The van der Waals surface area contributed by atoms with Crippen LogP contribution in [-0.4, -0.2) is 59.1 Å². The van der Waals surface area contributed by atoms with E-state index in [1.54, 1.807) is 6.07 Å². The molecule has 2 atom stereocenters. The van der Waals surface area contributed by atoms with Crippen molar-refractivity contribution in [1.82, 2.24) is 20.2 Å². The van der Waals surface area contributed by atoms with Gasteiger partial charge in [-0.2, -0.15) is 13.2 Å². The summed E-state index contributed by atoms with van der Waals surface area (Å²) >= 11 is 6.12. The van der Waals surface area contributed by atoms with Crippen molar-refractivity contribution in [2.75, 3.05) is 20.1 Å². The molecule has 1 saturated heterocycles. The zero-order chi connectivity index (χ0) is 22.8. The molecule has 1 unspecified atom stereocenters. The minimum Gasteiger partial charge on any atom is -0.357 e. The fraction of sp³-hybridized carbons (Fsp3) is 0.300. The lowest BCUT2D eigenvalue weighted by Gasteiger charge is -2.38. The second kappa shape index (κ2) is 9.03. The van der Waals surface area contributed by atoms with Gasteiger partial charge in [-0.1, -0.05) is 18.2 Å². The average Bonchev–Trinajstić information content (AvgIpc) is 2.76. The Kier molecular flexibility index (Phi) is 6.61. The van der Waals surface area contributed by atoms with Crippen LogP contribution in [0.15, 0.2) is 43.1 Å². The lowest BCUT2D eigenvalue weighted by molar-refractivity contribution is -0.253.